The molecule has 1 rings (SSSR count). The fraction of sp³-hybridized carbons (Fsp3) is 1.00. The molecular formula is C13H27NO2. The van der Waals surface area contributed by atoms with Crippen molar-refractivity contribution in [1.29, 1.82) is 0 Å². The highest BCUT2D eigenvalue weighted by molar-refractivity contribution is 4.78. The Hall–Kier alpha value is -0.120. The molecule has 16 heavy (non-hydrogen) atoms. The van der Waals surface area contributed by atoms with Crippen LogP contribution in [0.5, 0.6) is 0 Å². The zero-order chi connectivity index (χ0) is 12.0. The average Bonchev–Trinajstić information content (AvgIpc) is 2.22. The molecule has 0 aromatic carbocycles. The van der Waals surface area contributed by atoms with Gasteiger partial charge in [-0.2, -0.15) is 0 Å². The van der Waals surface area contributed by atoms with Crippen LogP contribution in [0, 0.1) is 5.41 Å². The van der Waals surface area contributed by atoms with E-state index in [1.165, 1.54) is 25.9 Å². The van der Waals surface area contributed by atoms with E-state index < -0.39 is 0 Å². The molecule has 1 saturated heterocycles. The van der Waals surface area contributed by atoms with Gasteiger partial charge < -0.3 is 9.47 Å². The minimum absolute atomic E-state index is 0.0452. The molecule has 1 aliphatic rings. The van der Waals surface area contributed by atoms with Crippen molar-refractivity contribution in [2.75, 3.05) is 32.8 Å². The minimum atomic E-state index is -0.0452. The van der Waals surface area contributed by atoms with Crippen LogP contribution >= 0.6 is 0 Å². The van der Waals surface area contributed by atoms with E-state index in [2.05, 4.69) is 18.7 Å². The molecule has 0 bridgehead atoms. The smallest absolute Gasteiger partial charge is 0.170 e. The molecule has 0 N–H and O–H groups in total. The molecular weight excluding hydrogens is 202 g/mol. The van der Waals surface area contributed by atoms with Crippen LogP contribution in [0.2, 0.25) is 0 Å². The zero-order valence-corrected chi connectivity index (χ0v) is 11.3. The lowest BCUT2D eigenvalue weighted by atomic mass is 9.83. The summed E-state index contributed by atoms with van der Waals surface area (Å²) in [6.45, 7) is 13.5. The fourth-order valence-electron chi connectivity index (χ4n) is 2.08. The summed E-state index contributed by atoms with van der Waals surface area (Å²) >= 11 is 0. The van der Waals surface area contributed by atoms with Gasteiger partial charge >= 0.3 is 0 Å². The Morgan fingerprint density at radius 3 is 2.00 bits per heavy atom. The number of rotatable bonds is 6. The van der Waals surface area contributed by atoms with Gasteiger partial charge in [-0.1, -0.05) is 13.8 Å². The van der Waals surface area contributed by atoms with Crippen molar-refractivity contribution in [2.45, 2.75) is 46.8 Å². The summed E-state index contributed by atoms with van der Waals surface area (Å²) in [7, 11) is 0. The van der Waals surface area contributed by atoms with Crippen LogP contribution in [0.25, 0.3) is 0 Å². The van der Waals surface area contributed by atoms with Crippen molar-refractivity contribution in [1.82, 2.24) is 4.90 Å². The molecule has 0 aromatic rings. The van der Waals surface area contributed by atoms with Gasteiger partial charge in [0.05, 0.1) is 0 Å². The summed E-state index contributed by atoms with van der Waals surface area (Å²) in [5.41, 5.74) is 0.517. The van der Waals surface area contributed by atoms with Gasteiger partial charge in [0, 0.05) is 19.8 Å². The average molecular weight is 229 g/mol. The summed E-state index contributed by atoms with van der Waals surface area (Å²) < 4.78 is 11.1. The monoisotopic (exact) mass is 229 g/mol. The summed E-state index contributed by atoms with van der Waals surface area (Å²) in [6.07, 6.45) is 2.51. The number of hydrogen-bond donors (Lipinski definition) is 0. The van der Waals surface area contributed by atoms with Crippen molar-refractivity contribution in [2.24, 2.45) is 5.41 Å². The molecule has 0 atom stereocenters. The molecule has 1 heterocycles. The molecule has 1 aliphatic heterocycles. The third-order valence-electron chi connectivity index (χ3n) is 3.32. The van der Waals surface area contributed by atoms with E-state index in [0.717, 1.165) is 19.8 Å². The summed E-state index contributed by atoms with van der Waals surface area (Å²) in [5.74, 6) is 0. The van der Waals surface area contributed by atoms with Gasteiger partial charge in [-0.25, -0.2) is 0 Å². The van der Waals surface area contributed by atoms with Crippen LogP contribution in [0.1, 0.15) is 40.5 Å². The predicted octanol–water partition coefficient (Wildman–Crippen LogP) is 2.51. The second-order valence-corrected chi connectivity index (χ2v) is 5.31. The lowest BCUT2D eigenvalue weighted by Crippen LogP contribution is -2.42. The Morgan fingerprint density at radius 2 is 1.56 bits per heavy atom. The largest absolute Gasteiger partial charge is 0.352 e. The standard InChI is InChI=1S/C13H27NO2/c1-5-15-12(16-6-2)11-14-9-7-13(3,4)8-10-14/h12H,5-11H2,1-4H3. The van der Waals surface area contributed by atoms with Gasteiger partial charge in [-0.05, 0) is 45.2 Å². The number of nitrogens with zero attached hydrogens (tertiary/aromatic N) is 1. The Bertz CT molecular complexity index is 178. The molecule has 0 spiro atoms. The second kappa shape index (κ2) is 6.58. The predicted molar refractivity (Wildman–Crippen MR) is 66.5 cm³/mol. The van der Waals surface area contributed by atoms with Crippen molar-refractivity contribution >= 4 is 0 Å². The lowest BCUT2D eigenvalue weighted by molar-refractivity contribution is -0.149. The fourth-order valence-corrected chi connectivity index (χ4v) is 2.08. The Morgan fingerprint density at radius 1 is 1.06 bits per heavy atom. The van der Waals surface area contributed by atoms with E-state index in [9.17, 15) is 0 Å². The molecule has 3 nitrogen and oxygen atoms in total. The molecule has 0 radical (unpaired) electrons. The first-order valence-electron chi connectivity index (χ1n) is 6.53. The molecule has 3 heteroatoms. The number of ether oxygens (including phenoxy) is 2. The van der Waals surface area contributed by atoms with Crippen molar-refractivity contribution in [3.05, 3.63) is 0 Å². The van der Waals surface area contributed by atoms with Crippen LogP contribution in [0.3, 0.4) is 0 Å². The lowest BCUT2D eigenvalue weighted by Gasteiger charge is -2.38. The van der Waals surface area contributed by atoms with E-state index in [1.807, 2.05) is 13.8 Å². The first-order valence-corrected chi connectivity index (χ1v) is 6.53. The highest BCUT2D eigenvalue weighted by atomic mass is 16.7. The molecule has 0 aliphatic carbocycles. The quantitative estimate of drug-likeness (QED) is 0.653. The van der Waals surface area contributed by atoms with Crippen LogP contribution < -0.4 is 0 Å². The van der Waals surface area contributed by atoms with Crippen LogP contribution in [-0.2, 0) is 9.47 Å². The third-order valence-corrected chi connectivity index (χ3v) is 3.32. The molecule has 0 aromatic heterocycles. The van der Waals surface area contributed by atoms with E-state index >= 15 is 0 Å². The molecule has 96 valence electrons. The maximum atomic E-state index is 5.57. The summed E-state index contributed by atoms with van der Waals surface area (Å²) in [6, 6.07) is 0. The highest BCUT2D eigenvalue weighted by Crippen LogP contribution is 2.29. The molecule has 1 fully saturated rings. The number of likely N-dealkylation sites (tertiary alicyclic amines) is 1. The van der Waals surface area contributed by atoms with Crippen molar-refractivity contribution in [3.63, 3.8) is 0 Å². The van der Waals surface area contributed by atoms with Crippen molar-refractivity contribution < 1.29 is 9.47 Å². The Kier molecular flexibility index (Phi) is 5.73. The van der Waals surface area contributed by atoms with Gasteiger partial charge in [0.2, 0.25) is 0 Å². The second-order valence-electron chi connectivity index (χ2n) is 5.31. The van der Waals surface area contributed by atoms with E-state index in [-0.39, 0.29) is 6.29 Å². The van der Waals surface area contributed by atoms with E-state index in [4.69, 9.17) is 9.47 Å². The van der Waals surface area contributed by atoms with Gasteiger partial charge in [0.25, 0.3) is 0 Å². The maximum absolute atomic E-state index is 5.57. The SMILES string of the molecule is CCOC(CN1CCC(C)(C)CC1)OCC. The maximum Gasteiger partial charge on any atom is 0.170 e. The normalized spacial score (nSPS) is 21.6. The number of hydrogen-bond acceptors (Lipinski definition) is 3. The number of piperidine rings is 1. The van der Waals surface area contributed by atoms with Crippen LogP contribution in [0.4, 0.5) is 0 Å². The third kappa shape index (κ3) is 4.81. The molecule has 0 saturated carbocycles. The van der Waals surface area contributed by atoms with Crippen molar-refractivity contribution in [3.8, 4) is 0 Å². The molecule has 0 amide bonds. The topological polar surface area (TPSA) is 21.7 Å². The first-order chi connectivity index (χ1) is 7.57. The van der Waals surface area contributed by atoms with Gasteiger partial charge in [0.15, 0.2) is 6.29 Å². The minimum Gasteiger partial charge on any atom is -0.352 e. The zero-order valence-electron chi connectivity index (χ0n) is 11.3. The van der Waals surface area contributed by atoms with Gasteiger partial charge in [-0.3, -0.25) is 4.90 Å². The van der Waals surface area contributed by atoms with Crippen LogP contribution in [0.15, 0.2) is 0 Å². The van der Waals surface area contributed by atoms with Gasteiger partial charge in [0.1, 0.15) is 0 Å². The van der Waals surface area contributed by atoms with Crippen LogP contribution in [-0.4, -0.2) is 44.0 Å². The Labute approximate surface area is 100 Å². The first kappa shape index (κ1) is 13.9. The van der Waals surface area contributed by atoms with Gasteiger partial charge in [-0.15, -0.1) is 0 Å². The Balaban J connectivity index is 2.30. The molecule has 0 unspecified atom stereocenters. The van der Waals surface area contributed by atoms with E-state index in [0.29, 0.717) is 5.41 Å². The summed E-state index contributed by atoms with van der Waals surface area (Å²) in [5, 5.41) is 0. The van der Waals surface area contributed by atoms with E-state index in [1.54, 1.807) is 0 Å². The highest BCUT2D eigenvalue weighted by Gasteiger charge is 2.26. The summed E-state index contributed by atoms with van der Waals surface area (Å²) in [4.78, 5) is 2.46.